The van der Waals surface area contributed by atoms with Crippen LogP contribution in [0.1, 0.15) is 39.2 Å². The summed E-state index contributed by atoms with van der Waals surface area (Å²) >= 11 is 0. The minimum Gasteiger partial charge on any atom is -0.444 e. The van der Waals surface area contributed by atoms with Gasteiger partial charge in [0.05, 0.1) is 0 Å². The van der Waals surface area contributed by atoms with E-state index >= 15 is 0 Å². The summed E-state index contributed by atoms with van der Waals surface area (Å²) in [6.07, 6.45) is 5.65. The molecule has 9 heteroatoms. The number of aromatic nitrogens is 4. The number of rotatable bonds is 4. The van der Waals surface area contributed by atoms with Crippen molar-refractivity contribution in [3.8, 4) is 5.82 Å². The molecular weight excluding hydrogens is 348 g/mol. The molecule has 0 unspecified atom stereocenters. The van der Waals surface area contributed by atoms with Crippen LogP contribution in [-0.4, -0.2) is 54.8 Å². The number of pyridine rings is 1. The fourth-order valence-electron chi connectivity index (χ4n) is 2.87. The highest BCUT2D eigenvalue weighted by Crippen LogP contribution is 2.21. The number of carbonyl (C=O) groups is 2. The minimum absolute atomic E-state index is 0.182. The van der Waals surface area contributed by atoms with Crippen molar-refractivity contribution in [2.75, 3.05) is 6.54 Å². The van der Waals surface area contributed by atoms with Crippen LogP contribution in [0.2, 0.25) is 0 Å². The van der Waals surface area contributed by atoms with Crippen LogP contribution in [-0.2, 0) is 16.1 Å². The summed E-state index contributed by atoms with van der Waals surface area (Å²) in [6, 6.07) is 3.17. The molecule has 3 heterocycles. The van der Waals surface area contributed by atoms with Crippen LogP contribution in [0, 0.1) is 0 Å². The van der Waals surface area contributed by atoms with Gasteiger partial charge >= 0.3 is 6.09 Å². The van der Waals surface area contributed by atoms with E-state index in [1.165, 1.54) is 11.2 Å². The molecule has 1 aliphatic heterocycles. The van der Waals surface area contributed by atoms with Crippen molar-refractivity contribution in [1.82, 2.24) is 30.0 Å². The first kappa shape index (κ1) is 18.8. The summed E-state index contributed by atoms with van der Waals surface area (Å²) in [5.74, 6) is 0.466. The average Bonchev–Trinajstić information content (AvgIpc) is 3.30. The third kappa shape index (κ3) is 4.81. The molecule has 0 saturated carbocycles. The molecule has 1 N–H and O–H groups in total. The number of likely N-dealkylation sites (tertiary alicyclic amines) is 1. The largest absolute Gasteiger partial charge is 0.444 e. The Balaban J connectivity index is 1.56. The highest BCUT2D eigenvalue weighted by Gasteiger charge is 2.36. The maximum atomic E-state index is 12.5. The van der Waals surface area contributed by atoms with Crippen molar-refractivity contribution in [2.45, 2.75) is 51.8 Å². The lowest BCUT2D eigenvalue weighted by Gasteiger charge is -2.28. The lowest BCUT2D eigenvalue weighted by molar-refractivity contribution is -0.125. The number of amides is 2. The number of nitrogens with zero attached hydrogens (tertiary/aromatic N) is 5. The molecule has 0 spiro atoms. The lowest BCUT2D eigenvalue weighted by Crippen LogP contribution is -2.47. The maximum absolute atomic E-state index is 12.5. The van der Waals surface area contributed by atoms with Crippen molar-refractivity contribution in [1.29, 1.82) is 0 Å². The summed E-state index contributed by atoms with van der Waals surface area (Å²) in [4.78, 5) is 34.5. The minimum atomic E-state index is -0.585. The zero-order valence-corrected chi connectivity index (χ0v) is 15.8. The molecule has 2 amide bonds. The van der Waals surface area contributed by atoms with Crippen molar-refractivity contribution < 1.29 is 14.3 Å². The van der Waals surface area contributed by atoms with Gasteiger partial charge in [-0.25, -0.2) is 19.4 Å². The van der Waals surface area contributed by atoms with E-state index in [0.717, 1.165) is 12.0 Å². The first-order chi connectivity index (χ1) is 12.8. The fourth-order valence-corrected chi connectivity index (χ4v) is 2.87. The monoisotopic (exact) mass is 372 g/mol. The standard InChI is InChI=1S/C18H24N6O3/c1-18(2,3)27-17(26)23-8-4-5-14(23)16(25)21-10-13-6-7-15(20-9-13)24-12-19-11-22-24/h6-7,9,11-12,14H,4-5,8,10H2,1-3H3,(H,21,25)/t14-/m1/s1. The Bertz CT molecular complexity index is 782. The molecule has 1 fully saturated rings. The molecule has 0 aliphatic carbocycles. The highest BCUT2D eigenvalue weighted by molar-refractivity contribution is 5.86. The van der Waals surface area contributed by atoms with E-state index in [9.17, 15) is 9.59 Å². The van der Waals surface area contributed by atoms with Crippen molar-refractivity contribution >= 4 is 12.0 Å². The predicted molar refractivity (Wildman–Crippen MR) is 97.0 cm³/mol. The molecule has 27 heavy (non-hydrogen) atoms. The lowest BCUT2D eigenvalue weighted by atomic mass is 10.2. The van der Waals surface area contributed by atoms with E-state index < -0.39 is 17.7 Å². The summed E-state index contributed by atoms with van der Waals surface area (Å²) in [6.45, 7) is 6.30. The van der Waals surface area contributed by atoms with E-state index in [0.29, 0.717) is 25.3 Å². The Labute approximate surface area is 157 Å². The van der Waals surface area contributed by atoms with Gasteiger partial charge in [-0.2, -0.15) is 5.10 Å². The van der Waals surface area contributed by atoms with E-state index in [1.807, 2.05) is 26.8 Å². The van der Waals surface area contributed by atoms with E-state index in [1.54, 1.807) is 23.3 Å². The fraction of sp³-hybridized carbons (Fsp3) is 0.500. The summed E-state index contributed by atoms with van der Waals surface area (Å²) in [5, 5.41) is 6.90. The number of ether oxygens (including phenoxy) is 1. The molecule has 0 aromatic carbocycles. The highest BCUT2D eigenvalue weighted by atomic mass is 16.6. The van der Waals surface area contributed by atoms with Crippen LogP contribution in [0.15, 0.2) is 31.0 Å². The smallest absolute Gasteiger partial charge is 0.410 e. The van der Waals surface area contributed by atoms with E-state index in [2.05, 4.69) is 20.4 Å². The SMILES string of the molecule is CC(C)(C)OC(=O)N1CCC[C@@H]1C(=O)NCc1ccc(-n2cncn2)nc1. The Morgan fingerprint density at radius 3 is 2.78 bits per heavy atom. The number of nitrogens with one attached hydrogen (secondary N) is 1. The van der Waals surface area contributed by atoms with Crippen LogP contribution >= 0.6 is 0 Å². The van der Waals surface area contributed by atoms with Crippen molar-refractivity contribution in [3.05, 3.63) is 36.5 Å². The number of carbonyl (C=O) groups excluding carboxylic acids is 2. The maximum Gasteiger partial charge on any atom is 0.410 e. The Morgan fingerprint density at radius 1 is 1.33 bits per heavy atom. The van der Waals surface area contributed by atoms with Gasteiger partial charge < -0.3 is 10.1 Å². The second kappa shape index (κ2) is 7.73. The quantitative estimate of drug-likeness (QED) is 0.876. The van der Waals surface area contributed by atoms with Crippen LogP contribution in [0.25, 0.3) is 5.82 Å². The Morgan fingerprint density at radius 2 is 2.15 bits per heavy atom. The first-order valence-corrected chi connectivity index (χ1v) is 8.91. The molecule has 9 nitrogen and oxygen atoms in total. The Kier molecular flexibility index (Phi) is 5.38. The second-order valence-corrected chi connectivity index (χ2v) is 7.41. The van der Waals surface area contributed by atoms with Gasteiger partial charge in [0, 0.05) is 19.3 Å². The second-order valence-electron chi connectivity index (χ2n) is 7.41. The van der Waals surface area contributed by atoms with Gasteiger partial charge in [-0.3, -0.25) is 9.69 Å². The summed E-state index contributed by atoms with van der Waals surface area (Å²) < 4.78 is 6.95. The van der Waals surface area contributed by atoms with Crippen LogP contribution in [0.5, 0.6) is 0 Å². The van der Waals surface area contributed by atoms with Gasteiger partial charge in [0.25, 0.3) is 0 Å². The first-order valence-electron chi connectivity index (χ1n) is 8.91. The predicted octanol–water partition coefficient (Wildman–Crippen LogP) is 1.68. The number of hydrogen-bond donors (Lipinski definition) is 1. The molecule has 2 aromatic rings. The van der Waals surface area contributed by atoms with Gasteiger partial charge in [-0.1, -0.05) is 6.07 Å². The van der Waals surface area contributed by atoms with Gasteiger partial charge in [0.15, 0.2) is 5.82 Å². The van der Waals surface area contributed by atoms with E-state index in [4.69, 9.17) is 4.74 Å². The number of hydrogen-bond acceptors (Lipinski definition) is 6. The molecule has 144 valence electrons. The van der Waals surface area contributed by atoms with Gasteiger partial charge in [0.2, 0.25) is 5.91 Å². The average molecular weight is 372 g/mol. The zero-order valence-electron chi connectivity index (χ0n) is 15.8. The van der Waals surface area contributed by atoms with Crippen molar-refractivity contribution in [2.24, 2.45) is 0 Å². The third-order valence-corrected chi connectivity index (χ3v) is 4.11. The van der Waals surface area contributed by atoms with Gasteiger partial charge in [-0.15, -0.1) is 0 Å². The van der Waals surface area contributed by atoms with Crippen molar-refractivity contribution in [3.63, 3.8) is 0 Å². The Hall–Kier alpha value is -2.97. The third-order valence-electron chi connectivity index (χ3n) is 4.11. The van der Waals surface area contributed by atoms with Gasteiger partial charge in [-0.05, 0) is 45.2 Å². The molecule has 0 bridgehead atoms. The molecule has 1 aliphatic rings. The van der Waals surface area contributed by atoms with Crippen LogP contribution in [0.4, 0.5) is 4.79 Å². The van der Waals surface area contributed by atoms with Crippen LogP contribution < -0.4 is 5.32 Å². The molecule has 0 radical (unpaired) electrons. The molecular formula is C18H24N6O3. The topological polar surface area (TPSA) is 102 Å². The zero-order chi connectivity index (χ0) is 19.4. The van der Waals surface area contributed by atoms with E-state index in [-0.39, 0.29) is 5.91 Å². The molecule has 1 atom stereocenters. The van der Waals surface area contributed by atoms with Gasteiger partial charge in [0.1, 0.15) is 24.3 Å². The molecule has 3 rings (SSSR count). The summed E-state index contributed by atoms with van der Waals surface area (Å²) in [7, 11) is 0. The molecule has 2 aromatic heterocycles. The normalized spacial score (nSPS) is 17.0. The summed E-state index contributed by atoms with van der Waals surface area (Å²) in [5.41, 5.74) is 0.270. The van der Waals surface area contributed by atoms with Crippen LogP contribution in [0.3, 0.4) is 0 Å². The molecule has 1 saturated heterocycles.